The number of aldehydes is 1. The first-order chi connectivity index (χ1) is 18.1. The number of fused-ring (bicyclic) bond motifs is 1. The molecule has 1 aromatic carbocycles. The molecule has 11 nitrogen and oxygen atoms in total. The summed E-state index contributed by atoms with van der Waals surface area (Å²) < 4.78 is 7.58. The molecular weight excluding hydrogens is 472 g/mol. The van der Waals surface area contributed by atoms with Crippen LogP contribution in [0.3, 0.4) is 0 Å². The number of morpholine rings is 1. The van der Waals surface area contributed by atoms with Gasteiger partial charge in [-0.1, -0.05) is 0 Å². The smallest absolute Gasteiger partial charge is 0.181 e. The molecule has 2 aliphatic heterocycles. The van der Waals surface area contributed by atoms with Gasteiger partial charge in [-0.3, -0.25) is 4.79 Å². The van der Waals surface area contributed by atoms with Crippen molar-refractivity contribution >= 4 is 34.8 Å². The van der Waals surface area contributed by atoms with Crippen LogP contribution in [0.2, 0.25) is 0 Å². The molecule has 0 spiro atoms. The molecule has 190 valence electrons. The van der Waals surface area contributed by atoms with Gasteiger partial charge in [0.05, 0.1) is 37.4 Å². The third kappa shape index (κ3) is 4.27. The number of rotatable bonds is 5. The number of pyridine rings is 2. The number of imidazole rings is 1. The molecule has 0 bridgehead atoms. The van der Waals surface area contributed by atoms with Crippen molar-refractivity contribution in [1.29, 1.82) is 0 Å². The summed E-state index contributed by atoms with van der Waals surface area (Å²) in [5.41, 5.74) is 9.74. The number of aromatic hydroxyl groups is 1. The van der Waals surface area contributed by atoms with Crippen LogP contribution in [0.1, 0.15) is 10.4 Å². The van der Waals surface area contributed by atoms with Crippen molar-refractivity contribution in [2.75, 3.05) is 73.0 Å². The van der Waals surface area contributed by atoms with E-state index in [1.807, 2.05) is 30.3 Å². The van der Waals surface area contributed by atoms with Gasteiger partial charge in [-0.15, -0.1) is 0 Å². The van der Waals surface area contributed by atoms with Gasteiger partial charge < -0.3 is 30.4 Å². The van der Waals surface area contributed by atoms with Gasteiger partial charge in [0.15, 0.2) is 17.8 Å². The highest BCUT2D eigenvalue weighted by Gasteiger charge is 2.26. The highest BCUT2D eigenvalue weighted by atomic mass is 16.5. The van der Waals surface area contributed by atoms with Gasteiger partial charge in [0.25, 0.3) is 0 Å². The number of aromatic nitrogens is 4. The van der Waals surface area contributed by atoms with Crippen LogP contribution >= 0.6 is 0 Å². The molecule has 0 unspecified atom stereocenters. The van der Waals surface area contributed by atoms with Gasteiger partial charge in [0.2, 0.25) is 0 Å². The molecular formula is C26H28N8O3. The Morgan fingerprint density at radius 1 is 0.946 bits per heavy atom. The number of carbonyl (C=O) groups excluding carboxylic acids is 1. The van der Waals surface area contributed by atoms with E-state index >= 15 is 0 Å². The summed E-state index contributed by atoms with van der Waals surface area (Å²) in [6, 6.07) is 13.0. The maximum atomic E-state index is 11.1. The highest BCUT2D eigenvalue weighted by Crippen LogP contribution is 2.30. The van der Waals surface area contributed by atoms with Crippen LogP contribution in [0, 0.1) is 0 Å². The number of anilines is 3. The Bertz CT molecular complexity index is 1440. The molecule has 0 radical (unpaired) electrons. The normalized spacial score (nSPS) is 16.4. The predicted molar refractivity (Wildman–Crippen MR) is 142 cm³/mol. The summed E-state index contributed by atoms with van der Waals surface area (Å²) >= 11 is 0. The van der Waals surface area contributed by atoms with Crippen LogP contribution in [0.4, 0.5) is 17.3 Å². The Morgan fingerprint density at radius 3 is 2.49 bits per heavy atom. The van der Waals surface area contributed by atoms with Gasteiger partial charge in [0, 0.05) is 44.1 Å². The Morgan fingerprint density at radius 2 is 1.76 bits per heavy atom. The molecule has 3 N–H and O–H groups in total. The average Bonchev–Trinajstić information content (AvgIpc) is 3.32. The molecule has 0 amide bonds. The number of benzene rings is 1. The van der Waals surface area contributed by atoms with E-state index in [1.54, 1.807) is 18.3 Å². The number of carbonyl (C=O) groups is 1. The van der Waals surface area contributed by atoms with Crippen molar-refractivity contribution < 1.29 is 14.6 Å². The van der Waals surface area contributed by atoms with Crippen LogP contribution in [-0.4, -0.2) is 83.5 Å². The van der Waals surface area contributed by atoms with E-state index < -0.39 is 0 Å². The van der Waals surface area contributed by atoms with E-state index in [0.717, 1.165) is 41.3 Å². The number of phenols is 1. The lowest BCUT2D eigenvalue weighted by Crippen LogP contribution is -2.51. The Kier molecular flexibility index (Phi) is 5.97. The minimum Gasteiger partial charge on any atom is -0.507 e. The van der Waals surface area contributed by atoms with E-state index in [1.165, 1.54) is 0 Å². The summed E-state index contributed by atoms with van der Waals surface area (Å²) in [5, 5.41) is 12.4. The molecule has 0 atom stereocenters. The third-order valence-corrected chi connectivity index (χ3v) is 6.93. The SMILES string of the molecule is Nc1ncccc1-c1nc2ccc(N3CCOCC3)nc2n1N1CCN(c2ccc(C=O)c(O)c2)CC1. The van der Waals surface area contributed by atoms with E-state index in [-0.39, 0.29) is 11.3 Å². The Balaban J connectivity index is 1.36. The summed E-state index contributed by atoms with van der Waals surface area (Å²) in [4.78, 5) is 29.8. The summed E-state index contributed by atoms with van der Waals surface area (Å²) in [7, 11) is 0. The lowest BCUT2D eigenvalue weighted by molar-refractivity contribution is 0.112. The van der Waals surface area contributed by atoms with E-state index in [2.05, 4.69) is 24.5 Å². The minimum absolute atomic E-state index is 0.00952. The topological polar surface area (TPSA) is 126 Å². The molecule has 11 heteroatoms. The quantitative estimate of drug-likeness (QED) is 0.392. The summed E-state index contributed by atoms with van der Waals surface area (Å²) in [6.45, 7) is 5.77. The monoisotopic (exact) mass is 500 g/mol. The van der Waals surface area contributed by atoms with Gasteiger partial charge in [0.1, 0.15) is 22.9 Å². The maximum Gasteiger partial charge on any atom is 0.181 e. The fourth-order valence-electron chi connectivity index (χ4n) is 4.94. The van der Waals surface area contributed by atoms with Gasteiger partial charge in [-0.05, 0) is 36.4 Å². The molecule has 0 saturated carbocycles. The van der Waals surface area contributed by atoms with Crippen molar-refractivity contribution in [2.24, 2.45) is 0 Å². The minimum atomic E-state index is -0.00952. The molecule has 6 rings (SSSR count). The van der Waals surface area contributed by atoms with Crippen molar-refractivity contribution in [3.05, 3.63) is 54.2 Å². The number of piperazine rings is 1. The first kappa shape index (κ1) is 23.0. The molecule has 37 heavy (non-hydrogen) atoms. The first-order valence-electron chi connectivity index (χ1n) is 12.3. The van der Waals surface area contributed by atoms with Gasteiger partial charge >= 0.3 is 0 Å². The first-order valence-corrected chi connectivity index (χ1v) is 12.3. The third-order valence-electron chi connectivity index (χ3n) is 6.93. The lowest BCUT2D eigenvalue weighted by atomic mass is 10.1. The van der Waals surface area contributed by atoms with Crippen molar-refractivity contribution in [3.63, 3.8) is 0 Å². The lowest BCUT2D eigenvalue weighted by Gasteiger charge is -2.38. The number of ether oxygens (including phenoxy) is 1. The zero-order chi connectivity index (χ0) is 25.4. The zero-order valence-electron chi connectivity index (χ0n) is 20.3. The number of hydrogen-bond donors (Lipinski definition) is 2. The zero-order valence-corrected chi connectivity index (χ0v) is 20.3. The second-order valence-electron chi connectivity index (χ2n) is 9.10. The molecule has 0 aliphatic carbocycles. The van der Waals surface area contributed by atoms with Crippen LogP contribution < -0.4 is 20.5 Å². The standard InChI is InChI=1S/C26H28N8O3/c27-24-20(2-1-7-28-24)25-29-21-5-6-23(32-12-14-37-15-13-32)30-26(21)34(25)33-10-8-31(9-11-33)19-4-3-18(17-35)22(36)16-19/h1-7,16-17,36H,8-15H2,(H2,27,28). The van der Waals surface area contributed by atoms with E-state index in [9.17, 15) is 9.90 Å². The summed E-state index contributed by atoms with van der Waals surface area (Å²) in [5.74, 6) is 2.00. The Labute approximate surface area is 213 Å². The van der Waals surface area contributed by atoms with Gasteiger partial charge in [-0.25, -0.2) is 19.6 Å². The number of phenolic OH excluding ortho intramolecular Hbond substituents is 1. The van der Waals surface area contributed by atoms with E-state index in [0.29, 0.717) is 57.3 Å². The number of nitrogens with zero attached hydrogens (tertiary/aromatic N) is 7. The van der Waals surface area contributed by atoms with Crippen LogP contribution in [0.25, 0.3) is 22.6 Å². The molecule has 4 aromatic rings. The number of nitrogens with two attached hydrogens (primary N) is 1. The average molecular weight is 501 g/mol. The fourth-order valence-corrected chi connectivity index (χ4v) is 4.94. The fraction of sp³-hybridized carbons (Fsp3) is 0.308. The van der Waals surface area contributed by atoms with Crippen LogP contribution in [0.5, 0.6) is 5.75 Å². The van der Waals surface area contributed by atoms with E-state index in [4.69, 9.17) is 20.4 Å². The number of nitrogen functional groups attached to an aromatic ring is 1. The Hall–Kier alpha value is -4.38. The molecule has 5 heterocycles. The number of hydrogen-bond acceptors (Lipinski definition) is 10. The molecule has 2 aliphatic rings. The van der Waals surface area contributed by atoms with Gasteiger partial charge in [-0.2, -0.15) is 0 Å². The van der Waals surface area contributed by atoms with Crippen molar-refractivity contribution in [2.45, 2.75) is 0 Å². The highest BCUT2D eigenvalue weighted by molar-refractivity contribution is 5.82. The molecule has 3 aromatic heterocycles. The second-order valence-corrected chi connectivity index (χ2v) is 9.10. The maximum absolute atomic E-state index is 11.1. The second kappa shape index (κ2) is 9.58. The van der Waals surface area contributed by atoms with Crippen molar-refractivity contribution in [1.82, 2.24) is 19.6 Å². The summed E-state index contributed by atoms with van der Waals surface area (Å²) in [6.07, 6.45) is 2.33. The largest absolute Gasteiger partial charge is 0.507 e. The van der Waals surface area contributed by atoms with Crippen molar-refractivity contribution in [3.8, 4) is 17.1 Å². The predicted octanol–water partition coefficient (Wildman–Crippen LogP) is 1.89. The molecule has 2 fully saturated rings. The van der Waals surface area contributed by atoms with Crippen LogP contribution in [-0.2, 0) is 4.74 Å². The molecule has 2 saturated heterocycles. The van der Waals surface area contributed by atoms with Crippen LogP contribution in [0.15, 0.2) is 48.7 Å².